The first kappa shape index (κ1) is 25.6. The summed E-state index contributed by atoms with van der Waals surface area (Å²) in [5, 5.41) is 15.0. The molecule has 1 amide bonds. The Balaban J connectivity index is 1.42. The second kappa shape index (κ2) is 11.2. The molecule has 0 bridgehead atoms. The first-order valence-electron chi connectivity index (χ1n) is 13.5. The summed E-state index contributed by atoms with van der Waals surface area (Å²) >= 11 is 0. The lowest BCUT2D eigenvalue weighted by atomic mass is 9.81. The lowest BCUT2D eigenvalue weighted by Gasteiger charge is -2.31. The summed E-state index contributed by atoms with van der Waals surface area (Å²) in [6.45, 7) is 7.28. The number of hydrogen-bond donors (Lipinski definition) is 1. The number of nitrogens with zero attached hydrogens (tertiary/aromatic N) is 5. The summed E-state index contributed by atoms with van der Waals surface area (Å²) in [5.74, 6) is 0.281. The van der Waals surface area contributed by atoms with Crippen molar-refractivity contribution in [2.24, 2.45) is 0 Å². The number of amides is 1. The fourth-order valence-corrected chi connectivity index (χ4v) is 5.15. The minimum Gasteiger partial charge on any atom is -0.508 e. The number of hydrogen-bond acceptors (Lipinski definition) is 5. The molecule has 1 unspecified atom stereocenters. The van der Waals surface area contributed by atoms with E-state index in [1.54, 1.807) is 12.3 Å². The van der Waals surface area contributed by atoms with Gasteiger partial charge in [-0.15, -0.1) is 0 Å². The van der Waals surface area contributed by atoms with Gasteiger partial charge >= 0.3 is 0 Å². The molecule has 0 fully saturated rings. The SMILES string of the molecule is CCc1ccc(Cn2cc(CN(C(=O)C3CCCc4c(O)cccc43)c3ccc(C(C)C)nc3)cn2)nc1. The Morgan fingerprint density at radius 1 is 1.08 bits per heavy atom. The van der Waals surface area contributed by atoms with Crippen LogP contribution in [0.3, 0.4) is 0 Å². The van der Waals surface area contributed by atoms with Gasteiger partial charge in [0.15, 0.2) is 0 Å². The van der Waals surface area contributed by atoms with Crippen LogP contribution in [-0.4, -0.2) is 30.8 Å². The van der Waals surface area contributed by atoms with Crippen LogP contribution >= 0.6 is 0 Å². The molecular weight excluding hydrogens is 474 g/mol. The van der Waals surface area contributed by atoms with Crippen molar-refractivity contribution in [1.82, 2.24) is 19.7 Å². The van der Waals surface area contributed by atoms with Crippen molar-refractivity contribution >= 4 is 11.6 Å². The number of phenolic OH excluding ortho intramolecular Hbond substituents is 1. The third-order valence-corrected chi connectivity index (χ3v) is 7.37. The predicted molar refractivity (Wildman–Crippen MR) is 148 cm³/mol. The molecule has 5 rings (SSSR count). The van der Waals surface area contributed by atoms with E-state index in [0.717, 1.165) is 59.4 Å². The van der Waals surface area contributed by atoms with E-state index >= 15 is 0 Å². The molecule has 7 heteroatoms. The molecule has 0 saturated carbocycles. The van der Waals surface area contributed by atoms with Crippen LogP contribution in [0.4, 0.5) is 5.69 Å². The number of benzene rings is 1. The molecule has 38 heavy (non-hydrogen) atoms. The summed E-state index contributed by atoms with van der Waals surface area (Å²) in [6.07, 6.45) is 10.9. The summed E-state index contributed by atoms with van der Waals surface area (Å²) in [4.78, 5) is 25.1. The number of pyridine rings is 2. The highest BCUT2D eigenvalue weighted by atomic mass is 16.3. The van der Waals surface area contributed by atoms with E-state index in [2.05, 4.69) is 41.9 Å². The topological polar surface area (TPSA) is 84.1 Å². The van der Waals surface area contributed by atoms with Crippen LogP contribution in [0.1, 0.15) is 79.1 Å². The summed E-state index contributed by atoms with van der Waals surface area (Å²) in [5.41, 5.74) is 6.65. The van der Waals surface area contributed by atoms with Crippen molar-refractivity contribution in [2.45, 2.75) is 71.4 Å². The van der Waals surface area contributed by atoms with Gasteiger partial charge in [-0.1, -0.05) is 39.0 Å². The van der Waals surface area contributed by atoms with E-state index in [4.69, 9.17) is 0 Å². The van der Waals surface area contributed by atoms with E-state index in [9.17, 15) is 9.90 Å². The Kier molecular flexibility index (Phi) is 7.54. The predicted octanol–water partition coefficient (Wildman–Crippen LogP) is 5.77. The number of phenols is 1. The van der Waals surface area contributed by atoms with Crippen LogP contribution in [0.2, 0.25) is 0 Å². The first-order chi connectivity index (χ1) is 18.4. The van der Waals surface area contributed by atoms with Gasteiger partial charge in [-0.3, -0.25) is 19.4 Å². The van der Waals surface area contributed by atoms with Gasteiger partial charge in [0.05, 0.1) is 42.8 Å². The maximum atomic E-state index is 14.1. The Bertz CT molecular complexity index is 1390. The van der Waals surface area contributed by atoms with E-state index in [1.165, 1.54) is 5.56 Å². The largest absolute Gasteiger partial charge is 0.508 e. The van der Waals surface area contributed by atoms with Gasteiger partial charge in [0, 0.05) is 23.7 Å². The van der Waals surface area contributed by atoms with Gasteiger partial charge < -0.3 is 10.0 Å². The fourth-order valence-electron chi connectivity index (χ4n) is 5.15. The maximum absolute atomic E-state index is 14.1. The molecule has 0 aliphatic heterocycles. The van der Waals surface area contributed by atoms with Gasteiger partial charge in [-0.25, -0.2) is 0 Å². The number of anilines is 1. The summed E-state index contributed by atoms with van der Waals surface area (Å²) < 4.78 is 1.86. The zero-order chi connectivity index (χ0) is 26.6. The molecule has 0 spiro atoms. The smallest absolute Gasteiger partial charge is 0.234 e. The van der Waals surface area contributed by atoms with Crippen molar-refractivity contribution in [2.75, 3.05) is 4.90 Å². The molecule has 0 radical (unpaired) electrons. The van der Waals surface area contributed by atoms with Gasteiger partial charge in [-0.2, -0.15) is 5.10 Å². The Morgan fingerprint density at radius 2 is 1.95 bits per heavy atom. The van der Waals surface area contributed by atoms with Crippen molar-refractivity contribution in [1.29, 1.82) is 0 Å². The molecule has 1 aromatic carbocycles. The highest BCUT2D eigenvalue weighted by molar-refractivity contribution is 5.98. The molecule has 7 nitrogen and oxygen atoms in total. The van der Waals surface area contributed by atoms with E-state index < -0.39 is 0 Å². The molecule has 1 aliphatic carbocycles. The molecule has 4 aromatic rings. The third-order valence-electron chi connectivity index (χ3n) is 7.37. The van der Waals surface area contributed by atoms with Crippen LogP contribution < -0.4 is 4.90 Å². The zero-order valence-electron chi connectivity index (χ0n) is 22.3. The Labute approximate surface area is 224 Å². The molecule has 3 heterocycles. The number of aromatic hydroxyl groups is 1. The number of carbonyl (C=O) groups excluding carboxylic acids is 1. The average molecular weight is 510 g/mol. The first-order valence-corrected chi connectivity index (χ1v) is 13.5. The molecule has 1 aliphatic rings. The quantitative estimate of drug-likeness (QED) is 0.326. The second-order valence-electron chi connectivity index (χ2n) is 10.4. The number of carbonyl (C=O) groups is 1. The normalized spacial score (nSPS) is 14.9. The standard InChI is InChI=1S/C31H35N5O2/c1-4-22-11-12-24(32-15-22)20-35-18-23(16-34-35)19-36(25-13-14-29(21(2)3)33-17-25)31(38)28-9-5-8-27-26(28)7-6-10-30(27)37/h6-7,10-18,21,28,37H,4-5,8-9,19-20H2,1-3H3. The van der Waals surface area contributed by atoms with Crippen LogP contribution in [0.5, 0.6) is 5.75 Å². The molecule has 196 valence electrons. The number of aromatic nitrogens is 4. The summed E-state index contributed by atoms with van der Waals surface area (Å²) in [7, 11) is 0. The summed E-state index contributed by atoms with van der Waals surface area (Å²) in [6, 6.07) is 13.6. The molecular formula is C31H35N5O2. The van der Waals surface area contributed by atoms with Gasteiger partial charge in [0.2, 0.25) is 5.91 Å². The van der Waals surface area contributed by atoms with Crippen molar-refractivity contribution in [3.8, 4) is 5.75 Å². The fraction of sp³-hybridized carbons (Fsp3) is 0.355. The van der Waals surface area contributed by atoms with Gasteiger partial charge in [0.1, 0.15) is 5.75 Å². The average Bonchev–Trinajstić information content (AvgIpc) is 3.38. The van der Waals surface area contributed by atoms with Crippen molar-refractivity contribution < 1.29 is 9.90 Å². The van der Waals surface area contributed by atoms with Crippen LogP contribution in [0, 0.1) is 0 Å². The monoisotopic (exact) mass is 509 g/mol. The lowest BCUT2D eigenvalue weighted by Crippen LogP contribution is -2.36. The zero-order valence-corrected chi connectivity index (χ0v) is 22.3. The highest BCUT2D eigenvalue weighted by Crippen LogP contribution is 2.38. The second-order valence-corrected chi connectivity index (χ2v) is 10.4. The van der Waals surface area contributed by atoms with Gasteiger partial charge in [-0.05, 0) is 72.6 Å². The van der Waals surface area contributed by atoms with Crippen molar-refractivity contribution in [3.63, 3.8) is 0 Å². The van der Waals surface area contributed by atoms with Crippen LogP contribution in [0.25, 0.3) is 0 Å². The third kappa shape index (κ3) is 5.47. The molecule has 1 N–H and O–H groups in total. The van der Waals surface area contributed by atoms with E-state index in [0.29, 0.717) is 19.0 Å². The Morgan fingerprint density at radius 3 is 2.66 bits per heavy atom. The molecule has 0 saturated heterocycles. The minimum absolute atomic E-state index is 0.0141. The molecule has 3 aromatic heterocycles. The Hall–Kier alpha value is -4.00. The van der Waals surface area contributed by atoms with Crippen molar-refractivity contribution in [3.05, 3.63) is 101 Å². The minimum atomic E-state index is -0.313. The lowest BCUT2D eigenvalue weighted by molar-refractivity contribution is -0.120. The van der Waals surface area contributed by atoms with Crippen LogP contribution in [-0.2, 0) is 30.7 Å². The highest BCUT2D eigenvalue weighted by Gasteiger charge is 2.32. The maximum Gasteiger partial charge on any atom is 0.234 e. The molecule has 1 atom stereocenters. The number of rotatable bonds is 8. The van der Waals surface area contributed by atoms with E-state index in [-0.39, 0.29) is 17.6 Å². The number of aryl methyl sites for hydroxylation is 1. The van der Waals surface area contributed by atoms with Crippen LogP contribution in [0.15, 0.2) is 67.3 Å². The number of fused-ring (bicyclic) bond motifs is 1. The van der Waals surface area contributed by atoms with E-state index in [1.807, 2.05) is 58.5 Å². The van der Waals surface area contributed by atoms with Gasteiger partial charge in [0.25, 0.3) is 0 Å².